The summed E-state index contributed by atoms with van der Waals surface area (Å²) < 4.78 is 11.2. The van der Waals surface area contributed by atoms with Gasteiger partial charge in [0.1, 0.15) is 5.78 Å². The minimum Gasteiger partial charge on any atom is -0.466 e. The first kappa shape index (κ1) is 20.4. The van der Waals surface area contributed by atoms with E-state index in [-0.39, 0.29) is 23.6 Å². The highest BCUT2D eigenvalue weighted by atomic mass is 16.6. The van der Waals surface area contributed by atoms with Crippen LogP contribution in [-0.4, -0.2) is 30.1 Å². The largest absolute Gasteiger partial charge is 0.466 e. The molecular formula is C21H36O4. The van der Waals surface area contributed by atoms with Crippen LogP contribution in [-0.2, 0) is 19.1 Å². The highest BCUT2D eigenvalue weighted by Gasteiger charge is 2.51. The normalized spacial score (nSPS) is 37.9. The predicted octanol–water partition coefficient (Wildman–Crippen LogP) is 4.69. The quantitative estimate of drug-likeness (QED) is 0.507. The highest BCUT2D eigenvalue weighted by molar-refractivity contribution is 5.86. The first-order valence-corrected chi connectivity index (χ1v) is 10.1. The Kier molecular flexibility index (Phi) is 6.69. The molecule has 4 nitrogen and oxygen atoms in total. The van der Waals surface area contributed by atoms with Gasteiger partial charge in [0.15, 0.2) is 0 Å². The Morgan fingerprint density at radius 2 is 1.84 bits per heavy atom. The lowest BCUT2D eigenvalue weighted by Gasteiger charge is -2.29. The fourth-order valence-corrected chi connectivity index (χ4v) is 4.18. The number of cyclic esters (lactones) is 1. The standard InChI is InChI=1S/C21H36O4/c1-6-16-14-15(2)8-7-11-21(5)17(25-21)10-13-24-18(22)9-12-20(3,4)19(16)23/h15-17H,6-14H2,1-5H3. The van der Waals surface area contributed by atoms with Gasteiger partial charge in [0.05, 0.1) is 18.3 Å². The Hall–Kier alpha value is -0.900. The molecule has 0 N–H and O–H groups in total. The van der Waals surface area contributed by atoms with Crippen molar-refractivity contribution < 1.29 is 19.1 Å². The Morgan fingerprint density at radius 1 is 1.12 bits per heavy atom. The molecule has 25 heavy (non-hydrogen) atoms. The number of ether oxygens (including phenoxy) is 2. The zero-order valence-corrected chi connectivity index (χ0v) is 16.7. The fraction of sp³-hybridized carbons (Fsp3) is 0.905. The van der Waals surface area contributed by atoms with Gasteiger partial charge in [-0.2, -0.15) is 0 Å². The average Bonchev–Trinajstić information content (AvgIpc) is 3.19. The van der Waals surface area contributed by atoms with Crippen LogP contribution < -0.4 is 0 Å². The summed E-state index contributed by atoms with van der Waals surface area (Å²) in [4.78, 5) is 25.0. The second kappa shape index (κ2) is 8.20. The highest BCUT2D eigenvalue weighted by Crippen LogP contribution is 2.43. The molecule has 0 radical (unpaired) electrons. The monoisotopic (exact) mass is 352 g/mol. The predicted molar refractivity (Wildman–Crippen MR) is 98.3 cm³/mol. The van der Waals surface area contributed by atoms with E-state index in [0.717, 1.165) is 38.5 Å². The molecule has 2 aliphatic heterocycles. The van der Waals surface area contributed by atoms with Crippen LogP contribution >= 0.6 is 0 Å². The maximum absolute atomic E-state index is 13.0. The molecular weight excluding hydrogens is 316 g/mol. The summed E-state index contributed by atoms with van der Waals surface area (Å²) in [6.07, 6.45) is 7.02. The third-order valence-corrected chi connectivity index (χ3v) is 6.22. The van der Waals surface area contributed by atoms with Gasteiger partial charge in [0.25, 0.3) is 0 Å². The van der Waals surface area contributed by atoms with Crippen LogP contribution in [0.1, 0.15) is 86.0 Å². The number of carbonyl (C=O) groups excluding carboxylic acids is 2. The number of esters is 1. The van der Waals surface area contributed by atoms with E-state index < -0.39 is 5.41 Å². The molecule has 2 aliphatic rings. The lowest BCUT2D eigenvalue weighted by molar-refractivity contribution is -0.145. The number of hydrogen-bond donors (Lipinski definition) is 0. The van der Waals surface area contributed by atoms with Crippen LogP contribution in [0.15, 0.2) is 0 Å². The molecule has 0 aromatic heterocycles. The lowest BCUT2D eigenvalue weighted by atomic mass is 9.74. The number of fused-ring (bicyclic) bond motifs is 1. The number of ketones is 1. The molecule has 2 heterocycles. The van der Waals surface area contributed by atoms with Crippen molar-refractivity contribution in [2.45, 2.75) is 97.7 Å². The Labute approximate surface area is 153 Å². The van der Waals surface area contributed by atoms with Crippen LogP contribution in [0.5, 0.6) is 0 Å². The smallest absolute Gasteiger partial charge is 0.305 e. The molecule has 2 rings (SSSR count). The second-order valence-electron chi connectivity index (χ2n) is 9.01. The van der Waals surface area contributed by atoms with Crippen molar-refractivity contribution in [3.05, 3.63) is 0 Å². The molecule has 4 heteroatoms. The molecule has 0 spiro atoms. The summed E-state index contributed by atoms with van der Waals surface area (Å²) in [5.41, 5.74) is -0.500. The summed E-state index contributed by atoms with van der Waals surface area (Å²) in [5.74, 6) is 0.744. The summed E-state index contributed by atoms with van der Waals surface area (Å²) in [6.45, 7) is 10.9. The first-order chi connectivity index (χ1) is 11.7. The van der Waals surface area contributed by atoms with Gasteiger partial charge in [-0.05, 0) is 38.5 Å². The molecule has 2 saturated heterocycles. The van der Waals surface area contributed by atoms with E-state index in [0.29, 0.717) is 31.1 Å². The second-order valence-corrected chi connectivity index (χ2v) is 9.01. The third kappa shape index (κ3) is 5.54. The van der Waals surface area contributed by atoms with E-state index in [1.165, 1.54) is 0 Å². The van der Waals surface area contributed by atoms with E-state index in [1.54, 1.807) is 0 Å². The third-order valence-electron chi connectivity index (χ3n) is 6.22. The van der Waals surface area contributed by atoms with Gasteiger partial charge in [-0.1, -0.05) is 40.5 Å². The molecule has 4 atom stereocenters. The molecule has 0 bridgehead atoms. The first-order valence-electron chi connectivity index (χ1n) is 10.1. The molecule has 0 aliphatic carbocycles. The summed E-state index contributed by atoms with van der Waals surface area (Å²) >= 11 is 0. The van der Waals surface area contributed by atoms with Crippen molar-refractivity contribution in [3.8, 4) is 0 Å². The van der Waals surface area contributed by atoms with Gasteiger partial charge in [-0.25, -0.2) is 0 Å². The summed E-state index contributed by atoms with van der Waals surface area (Å²) in [5, 5.41) is 0. The topological polar surface area (TPSA) is 55.9 Å². The van der Waals surface area contributed by atoms with Gasteiger partial charge in [-0.3, -0.25) is 9.59 Å². The van der Waals surface area contributed by atoms with E-state index in [1.807, 2.05) is 13.8 Å². The molecule has 144 valence electrons. The van der Waals surface area contributed by atoms with Gasteiger partial charge in [0, 0.05) is 24.2 Å². The average molecular weight is 353 g/mol. The van der Waals surface area contributed by atoms with Crippen LogP contribution in [0.3, 0.4) is 0 Å². The van der Waals surface area contributed by atoms with Gasteiger partial charge >= 0.3 is 5.97 Å². The number of epoxide rings is 1. The van der Waals surface area contributed by atoms with Crippen molar-refractivity contribution >= 4 is 11.8 Å². The van der Waals surface area contributed by atoms with Gasteiger partial charge < -0.3 is 9.47 Å². The van der Waals surface area contributed by atoms with Crippen LogP contribution in [0.2, 0.25) is 0 Å². The molecule has 0 aromatic carbocycles. The molecule has 0 aromatic rings. The van der Waals surface area contributed by atoms with Crippen LogP contribution in [0.25, 0.3) is 0 Å². The zero-order valence-electron chi connectivity index (χ0n) is 16.7. The van der Waals surface area contributed by atoms with Crippen molar-refractivity contribution in [3.63, 3.8) is 0 Å². The van der Waals surface area contributed by atoms with Crippen molar-refractivity contribution in [2.24, 2.45) is 17.3 Å². The number of rotatable bonds is 1. The van der Waals surface area contributed by atoms with Crippen LogP contribution in [0.4, 0.5) is 0 Å². The van der Waals surface area contributed by atoms with E-state index in [9.17, 15) is 9.59 Å². The Balaban J connectivity index is 2.03. The summed E-state index contributed by atoms with van der Waals surface area (Å²) in [6, 6.07) is 0. The minimum absolute atomic E-state index is 0.0365. The Morgan fingerprint density at radius 3 is 2.52 bits per heavy atom. The Bertz CT molecular complexity index is 484. The van der Waals surface area contributed by atoms with E-state index in [4.69, 9.17) is 9.47 Å². The number of Topliss-reactive ketones (excluding diaryl/α,β-unsaturated/α-hetero) is 1. The summed E-state index contributed by atoms with van der Waals surface area (Å²) in [7, 11) is 0. The fourth-order valence-electron chi connectivity index (χ4n) is 4.18. The lowest BCUT2D eigenvalue weighted by Crippen LogP contribution is -2.32. The van der Waals surface area contributed by atoms with Crippen LogP contribution in [0, 0.1) is 17.3 Å². The maximum Gasteiger partial charge on any atom is 0.305 e. The van der Waals surface area contributed by atoms with E-state index in [2.05, 4.69) is 20.8 Å². The minimum atomic E-state index is -0.464. The number of hydrogen-bond acceptors (Lipinski definition) is 4. The van der Waals surface area contributed by atoms with Crippen molar-refractivity contribution in [1.29, 1.82) is 0 Å². The van der Waals surface area contributed by atoms with E-state index >= 15 is 0 Å². The SMILES string of the molecule is CCC1CC(C)CCCC2(C)OC2CCOC(=O)CCC(C)(C)C1=O. The molecule has 0 amide bonds. The zero-order chi connectivity index (χ0) is 18.7. The maximum atomic E-state index is 13.0. The molecule has 4 unspecified atom stereocenters. The van der Waals surface area contributed by atoms with Crippen molar-refractivity contribution in [1.82, 2.24) is 0 Å². The number of carbonyl (C=O) groups is 2. The molecule has 0 saturated carbocycles. The van der Waals surface area contributed by atoms with Gasteiger partial charge in [0.2, 0.25) is 0 Å². The van der Waals surface area contributed by atoms with Crippen molar-refractivity contribution in [2.75, 3.05) is 6.61 Å². The molecule has 2 fully saturated rings. The van der Waals surface area contributed by atoms with Gasteiger partial charge in [-0.15, -0.1) is 0 Å².